The van der Waals surface area contributed by atoms with Crippen LogP contribution in [0.3, 0.4) is 0 Å². The van der Waals surface area contributed by atoms with Crippen LogP contribution in [-0.4, -0.2) is 30.0 Å². The summed E-state index contributed by atoms with van der Waals surface area (Å²) in [4.78, 5) is 7.54. The number of thiophene rings is 1. The number of halogens is 3. The summed E-state index contributed by atoms with van der Waals surface area (Å²) >= 11 is 1.63. The van der Waals surface area contributed by atoms with E-state index < -0.39 is 11.7 Å². The quantitative estimate of drug-likeness (QED) is 0.538. The van der Waals surface area contributed by atoms with Crippen molar-refractivity contribution in [1.82, 2.24) is 9.88 Å². The molecule has 3 aromatic rings. The van der Waals surface area contributed by atoms with Crippen molar-refractivity contribution >= 4 is 11.3 Å². The summed E-state index contributed by atoms with van der Waals surface area (Å²) in [6.45, 7) is 3.31. The van der Waals surface area contributed by atoms with Gasteiger partial charge in [0.05, 0.1) is 5.56 Å². The third kappa shape index (κ3) is 3.59. The average Bonchev–Trinajstić information content (AvgIpc) is 3.27. The molecule has 2 atom stereocenters. The van der Waals surface area contributed by atoms with Crippen molar-refractivity contribution in [3.8, 4) is 11.1 Å². The van der Waals surface area contributed by atoms with Crippen LogP contribution in [0.25, 0.3) is 11.1 Å². The Kier molecular flexibility index (Phi) is 5.02. The molecule has 0 unspecified atom stereocenters. The van der Waals surface area contributed by atoms with Gasteiger partial charge in [-0.15, -0.1) is 11.3 Å². The number of hydrogen-bond donors (Lipinski definition) is 0. The molecule has 2 nitrogen and oxygen atoms in total. The molecule has 1 aromatic carbocycles. The highest BCUT2D eigenvalue weighted by atomic mass is 32.1. The average molecular weight is 402 g/mol. The van der Waals surface area contributed by atoms with Crippen LogP contribution in [0, 0.1) is 6.92 Å². The van der Waals surface area contributed by atoms with Crippen molar-refractivity contribution in [2.24, 2.45) is 0 Å². The first-order valence-corrected chi connectivity index (χ1v) is 10.1. The number of aryl methyl sites for hydroxylation is 1. The van der Waals surface area contributed by atoms with E-state index >= 15 is 0 Å². The lowest BCUT2D eigenvalue weighted by molar-refractivity contribution is -0.138. The van der Waals surface area contributed by atoms with E-state index in [9.17, 15) is 13.2 Å². The molecule has 0 bridgehead atoms. The number of aromatic nitrogens is 1. The summed E-state index contributed by atoms with van der Waals surface area (Å²) < 4.78 is 40.9. The Hall–Kier alpha value is -2.18. The molecular weight excluding hydrogens is 381 g/mol. The van der Waals surface area contributed by atoms with Gasteiger partial charge in [0, 0.05) is 41.7 Å². The maximum Gasteiger partial charge on any atom is 0.416 e. The van der Waals surface area contributed by atoms with Crippen LogP contribution in [0.1, 0.15) is 33.5 Å². The van der Waals surface area contributed by atoms with E-state index in [4.69, 9.17) is 0 Å². The summed E-state index contributed by atoms with van der Waals surface area (Å²) in [7, 11) is 1.98. The van der Waals surface area contributed by atoms with E-state index in [1.807, 2.05) is 31.5 Å². The van der Waals surface area contributed by atoms with Crippen LogP contribution in [0.5, 0.6) is 0 Å². The minimum Gasteiger partial charge on any atom is -0.305 e. The Morgan fingerprint density at radius 3 is 2.57 bits per heavy atom. The second kappa shape index (κ2) is 7.33. The predicted molar refractivity (Wildman–Crippen MR) is 107 cm³/mol. The zero-order valence-corrected chi connectivity index (χ0v) is 16.5. The van der Waals surface area contributed by atoms with Crippen molar-refractivity contribution in [2.75, 3.05) is 20.1 Å². The molecule has 0 aliphatic carbocycles. The van der Waals surface area contributed by atoms with Gasteiger partial charge in [0.15, 0.2) is 0 Å². The van der Waals surface area contributed by atoms with E-state index in [1.54, 1.807) is 29.7 Å². The van der Waals surface area contributed by atoms with Gasteiger partial charge in [-0.25, -0.2) is 0 Å². The van der Waals surface area contributed by atoms with Crippen LogP contribution in [0.4, 0.5) is 13.2 Å². The monoisotopic (exact) mass is 402 g/mol. The Balaban J connectivity index is 1.79. The molecule has 0 N–H and O–H groups in total. The minimum absolute atomic E-state index is 0.0250. The number of alkyl halides is 3. The van der Waals surface area contributed by atoms with E-state index in [-0.39, 0.29) is 11.8 Å². The smallest absolute Gasteiger partial charge is 0.305 e. The molecule has 28 heavy (non-hydrogen) atoms. The summed E-state index contributed by atoms with van der Waals surface area (Å²) in [6, 6.07) is 12.1. The Bertz CT molecular complexity index is 980. The molecule has 0 spiro atoms. The topological polar surface area (TPSA) is 16.1 Å². The number of benzene rings is 1. The van der Waals surface area contributed by atoms with Crippen LogP contribution in [0.15, 0.2) is 54.0 Å². The summed E-state index contributed by atoms with van der Waals surface area (Å²) in [5.41, 5.74) is 2.98. The first-order chi connectivity index (χ1) is 13.3. The van der Waals surface area contributed by atoms with Gasteiger partial charge < -0.3 is 4.90 Å². The fourth-order valence-corrected chi connectivity index (χ4v) is 5.30. The maximum absolute atomic E-state index is 13.6. The first kappa shape index (κ1) is 19.2. The highest BCUT2D eigenvalue weighted by Crippen LogP contribution is 2.47. The van der Waals surface area contributed by atoms with Crippen molar-refractivity contribution < 1.29 is 13.2 Å². The molecule has 1 fully saturated rings. The van der Waals surface area contributed by atoms with Crippen molar-refractivity contribution in [1.29, 1.82) is 0 Å². The van der Waals surface area contributed by atoms with Gasteiger partial charge in [0.1, 0.15) is 0 Å². The van der Waals surface area contributed by atoms with Gasteiger partial charge >= 0.3 is 6.18 Å². The standard InChI is InChI=1S/C22H21F3N2S/c1-14-11-15(7-9-26-14)16-8-10-28-21(16)19-13-27(2)12-18(19)17-5-3-4-6-20(17)22(23,24)25/h3-11,18-19H,12-13H2,1-2H3/t18-,19+/m0/s1. The van der Waals surface area contributed by atoms with Gasteiger partial charge in [-0.2, -0.15) is 13.2 Å². The lowest BCUT2D eigenvalue weighted by Gasteiger charge is -2.23. The molecule has 1 saturated heterocycles. The van der Waals surface area contributed by atoms with Gasteiger partial charge in [-0.1, -0.05) is 18.2 Å². The number of nitrogens with zero attached hydrogens (tertiary/aromatic N) is 2. The molecule has 3 heterocycles. The van der Waals surface area contributed by atoms with E-state index in [0.717, 1.165) is 28.2 Å². The van der Waals surface area contributed by atoms with Crippen LogP contribution in [-0.2, 0) is 6.18 Å². The van der Waals surface area contributed by atoms with E-state index in [1.165, 1.54) is 12.1 Å². The van der Waals surface area contributed by atoms with Crippen molar-refractivity contribution in [3.63, 3.8) is 0 Å². The summed E-state index contributed by atoms with van der Waals surface area (Å²) in [5, 5.41) is 2.03. The molecular formula is C22H21F3N2S. The number of rotatable bonds is 3. The first-order valence-electron chi connectivity index (χ1n) is 9.19. The molecule has 0 saturated carbocycles. The third-order valence-corrected chi connectivity index (χ3v) is 6.46. The van der Waals surface area contributed by atoms with Crippen LogP contribution in [0.2, 0.25) is 0 Å². The Morgan fingerprint density at radius 2 is 1.82 bits per heavy atom. The minimum atomic E-state index is -4.34. The Labute approximate surface area is 166 Å². The number of pyridine rings is 1. The highest BCUT2D eigenvalue weighted by Gasteiger charge is 2.41. The normalized spacial score (nSPS) is 20.6. The highest BCUT2D eigenvalue weighted by molar-refractivity contribution is 7.10. The third-order valence-electron chi connectivity index (χ3n) is 5.41. The largest absolute Gasteiger partial charge is 0.416 e. The van der Waals surface area contributed by atoms with E-state index in [0.29, 0.717) is 12.1 Å². The van der Waals surface area contributed by atoms with Gasteiger partial charge in [-0.05, 0) is 60.3 Å². The molecule has 146 valence electrons. The fraction of sp³-hybridized carbons (Fsp3) is 0.318. The molecule has 2 aromatic heterocycles. The lowest BCUT2D eigenvalue weighted by atomic mass is 9.83. The lowest BCUT2D eigenvalue weighted by Crippen LogP contribution is -2.16. The molecule has 1 aliphatic rings. The van der Waals surface area contributed by atoms with Gasteiger partial charge in [0.2, 0.25) is 0 Å². The molecule has 0 radical (unpaired) electrons. The summed E-state index contributed by atoms with van der Waals surface area (Å²) in [6.07, 6.45) is -2.56. The van der Waals surface area contributed by atoms with Crippen LogP contribution < -0.4 is 0 Å². The van der Waals surface area contributed by atoms with Gasteiger partial charge in [0.25, 0.3) is 0 Å². The van der Waals surface area contributed by atoms with Crippen molar-refractivity contribution in [3.05, 3.63) is 75.7 Å². The summed E-state index contributed by atoms with van der Waals surface area (Å²) in [5.74, 6) is -0.167. The molecule has 6 heteroatoms. The molecule has 1 aliphatic heterocycles. The fourth-order valence-electron chi connectivity index (χ4n) is 4.22. The predicted octanol–water partition coefficient (Wildman–Crippen LogP) is 5.95. The zero-order chi connectivity index (χ0) is 19.9. The van der Waals surface area contributed by atoms with E-state index in [2.05, 4.69) is 16.0 Å². The molecule has 0 amide bonds. The van der Waals surface area contributed by atoms with Crippen LogP contribution >= 0.6 is 11.3 Å². The second-order valence-electron chi connectivity index (χ2n) is 7.40. The maximum atomic E-state index is 13.6. The van der Waals surface area contributed by atoms with Gasteiger partial charge in [-0.3, -0.25) is 4.98 Å². The number of likely N-dealkylation sites (tertiary alicyclic amines) is 1. The second-order valence-corrected chi connectivity index (χ2v) is 8.35. The van der Waals surface area contributed by atoms with Crippen molar-refractivity contribution in [2.45, 2.75) is 24.9 Å². The number of hydrogen-bond acceptors (Lipinski definition) is 3. The SMILES string of the molecule is Cc1cc(-c2ccsc2[C@@H]2CN(C)C[C@H]2c2ccccc2C(F)(F)F)ccn1. The Morgan fingerprint density at radius 1 is 1.07 bits per heavy atom. The zero-order valence-electron chi connectivity index (χ0n) is 15.7. The molecule has 4 rings (SSSR count). The number of likely N-dealkylation sites (N-methyl/N-ethyl adjacent to an activating group) is 1.